The van der Waals surface area contributed by atoms with Gasteiger partial charge in [-0.05, 0) is 75.5 Å². The van der Waals surface area contributed by atoms with Gasteiger partial charge in [0.2, 0.25) is 0 Å². The van der Waals surface area contributed by atoms with Crippen molar-refractivity contribution in [2.45, 2.75) is 148 Å². The van der Waals surface area contributed by atoms with Crippen LogP contribution in [0.15, 0.2) is 24.3 Å². The van der Waals surface area contributed by atoms with Crippen LogP contribution in [0.3, 0.4) is 0 Å². The molecule has 0 aromatic carbocycles. The van der Waals surface area contributed by atoms with E-state index in [4.69, 9.17) is 18.9 Å². The number of aliphatic hydroxyl groups is 1. The lowest BCUT2D eigenvalue weighted by molar-refractivity contribution is -0.198. The van der Waals surface area contributed by atoms with Gasteiger partial charge in [-0.25, -0.2) is 0 Å². The Morgan fingerprint density at radius 2 is 1.65 bits per heavy atom. The molecule has 5 heteroatoms. The Bertz CT molecular complexity index is 662. The SMILES string of the molecule is CCCC=CCC[C@@H]1[C@@H](C=C[C@@H](OC2CCCCO2)C(C)(C)CCCC)[C@H](OC2CCCCO2)C[C@H]1O. The molecule has 3 aliphatic rings. The molecular weight excluding hydrogens is 464 g/mol. The third-order valence-electron chi connectivity index (χ3n) is 8.53. The van der Waals surface area contributed by atoms with Crippen LogP contribution in [-0.2, 0) is 18.9 Å². The number of allylic oxidation sites excluding steroid dienone is 2. The highest BCUT2D eigenvalue weighted by atomic mass is 16.7. The molecule has 0 spiro atoms. The second-order valence-corrected chi connectivity index (χ2v) is 12.2. The maximum Gasteiger partial charge on any atom is 0.158 e. The van der Waals surface area contributed by atoms with Crippen LogP contribution in [0, 0.1) is 17.3 Å². The fraction of sp³-hybridized carbons (Fsp3) is 0.875. The quantitative estimate of drug-likeness (QED) is 0.224. The number of ether oxygens (including phenoxy) is 4. The van der Waals surface area contributed by atoms with Gasteiger partial charge in [0, 0.05) is 25.6 Å². The highest BCUT2D eigenvalue weighted by Crippen LogP contribution is 2.41. The van der Waals surface area contributed by atoms with Crippen LogP contribution in [0.4, 0.5) is 0 Å². The maximum atomic E-state index is 11.1. The standard InChI is InChI=1S/C32H56O5/c1-5-7-9-10-11-16-25-26(28(24-27(25)33)36-30-17-12-14-22-34-30)19-20-29(32(3,4)21-8-6-2)37-31-18-13-15-23-35-31/h9-10,19-20,25-31,33H,5-8,11-18,21-24H2,1-4H3/t25-,26-,27-,28-,29-,30?,31?/m1/s1. The molecule has 0 amide bonds. The van der Waals surface area contributed by atoms with Gasteiger partial charge >= 0.3 is 0 Å². The summed E-state index contributed by atoms with van der Waals surface area (Å²) < 4.78 is 25.1. The second-order valence-electron chi connectivity index (χ2n) is 12.2. The first-order chi connectivity index (χ1) is 17.9. The van der Waals surface area contributed by atoms with E-state index in [1.165, 1.54) is 19.3 Å². The van der Waals surface area contributed by atoms with E-state index in [9.17, 15) is 5.11 Å². The van der Waals surface area contributed by atoms with Crippen LogP contribution in [0.5, 0.6) is 0 Å². The lowest BCUT2D eigenvalue weighted by atomic mass is 9.80. The number of hydrogen-bond acceptors (Lipinski definition) is 5. The molecule has 3 rings (SSSR count). The van der Waals surface area contributed by atoms with Gasteiger partial charge in [0.25, 0.3) is 0 Å². The molecule has 2 heterocycles. The first-order valence-electron chi connectivity index (χ1n) is 15.5. The minimum Gasteiger partial charge on any atom is -0.393 e. The van der Waals surface area contributed by atoms with Gasteiger partial charge in [0.1, 0.15) is 0 Å². The molecule has 1 aliphatic carbocycles. The molecule has 2 unspecified atom stereocenters. The third-order valence-corrected chi connectivity index (χ3v) is 8.53. The first kappa shape index (κ1) is 30.8. The zero-order chi connectivity index (χ0) is 26.5. The summed E-state index contributed by atoms with van der Waals surface area (Å²) in [6.07, 6.45) is 23.4. The molecule has 1 N–H and O–H groups in total. The first-order valence-corrected chi connectivity index (χ1v) is 15.5. The molecule has 3 fully saturated rings. The van der Waals surface area contributed by atoms with Crippen molar-refractivity contribution in [3.8, 4) is 0 Å². The largest absolute Gasteiger partial charge is 0.393 e. The number of rotatable bonds is 15. The van der Waals surface area contributed by atoms with E-state index in [2.05, 4.69) is 52.0 Å². The highest BCUT2D eigenvalue weighted by Gasteiger charge is 2.43. The van der Waals surface area contributed by atoms with Crippen molar-refractivity contribution in [1.29, 1.82) is 0 Å². The summed E-state index contributed by atoms with van der Waals surface area (Å²) in [6, 6.07) is 0. The summed E-state index contributed by atoms with van der Waals surface area (Å²) >= 11 is 0. The zero-order valence-electron chi connectivity index (χ0n) is 24.2. The highest BCUT2D eigenvalue weighted by molar-refractivity contribution is 5.08. The summed E-state index contributed by atoms with van der Waals surface area (Å²) in [5, 5.41) is 11.1. The van der Waals surface area contributed by atoms with Crippen molar-refractivity contribution >= 4 is 0 Å². The zero-order valence-corrected chi connectivity index (χ0v) is 24.2. The lowest BCUT2D eigenvalue weighted by Crippen LogP contribution is -2.37. The average Bonchev–Trinajstić information content (AvgIpc) is 3.19. The van der Waals surface area contributed by atoms with Gasteiger partial charge in [-0.1, -0.05) is 71.3 Å². The molecule has 37 heavy (non-hydrogen) atoms. The Labute approximate surface area is 227 Å². The van der Waals surface area contributed by atoms with Crippen LogP contribution in [0.2, 0.25) is 0 Å². The smallest absolute Gasteiger partial charge is 0.158 e. The topological polar surface area (TPSA) is 57.2 Å². The van der Waals surface area contributed by atoms with Crippen LogP contribution in [0.1, 0.15) is 118 Å². The molecule has 7 atom stereocenters. The summed E-state index contributed by atoms with van der Waals surface area (Å²) in [5.41, 5.74) is 0.00571. The molecule has 0 aromatic heterocycles. The molecular formula is C32H56O5. The molecule has 214 valence electrons. The summed E-state index contributed by atoms with van der Waals surface area (Å²) in [6.45, 7) is 10.7. The second kappa shape index (κ2) is 16.4. The predicted molar refractivity (Wildman–Crippen MR) is 150 cm³/mol. The van der Waals surface area contributed by atoms with Gasteiger partial charge < -0.3 is 24.1 Å². The van der Waals surface area contributed by atoms with Crippen molar-refractivity contribution in [3.63, 3.8) is 0 Å². The number of hydrogen-bond donors (Lipinski definition) is 1. The summed E-state index contributed by atoms with van der Waals surface area (Å²) in [5.74, 6) is 0.335. The lowest BCUT2D eigenvalue weighted by Gasteiger charge is -2.36. The third kappa shape index (κ3) is 10.1. The van der Waals surface area contributed by atoms with Crippen molar-refractivity contribution in [1.82, 2.24) is 0 Å². The minimum absolute atomic E-state index is 0.00571. The van der Waals surface area contributed by atoms with E-state index in [0.717, 1.165) is 77.4 Å². The van der Waals surface area contributed by atoms with Gasteiger partial charge in [-0.15, -0.1) is 0 Å². The van der Waals surface area contributed by atoms with Gasteiger partial charge in [-0.3, -0.25) is 0 Å². The Hall–Kier alpha value is -0.720. The Balaban J connectivity index is 1.77. The maximum absolute atomic E-state index is 11.1. The van der Waals surface area contributed by atoms with Crippen LogP contribution < -0.4 is 0 Å². The Morgan fingerprint density at radius 3 is 2.30 bits per heavy atom. The predicted octanol–water partition coefficient (Wildman–Crippen LogP) is 7.72. The molecule has 2 aliphatic heterocycles. The van der Waals surface area contributed by atoms with E-state index in [1.807, 2.05) is 0 Å². The van der Waals surface area contributed by atoms with Crippen LogP contribution >= 0.6 is 0 Å². The fourth-order valence-corrected chi connectivity index (χ4v) is 6.08. The van der Waals surface area contributed by atoms with Crippen molar-refractivity contribution in [3.05, 3.63) is 24.3 Å². The molecule has 0 bridgehead atoms. The van der Waals surface area contributed by atoms with E-state index in [0.29, 0.717) is 6.42 Å². The van der Waals surface area contributed by atoms with E-state index < -0.39 is 0 Å². The molecule has 0 aromatic rings. The Morgan fingerprint density at radius 1 is 0.946 bits per heavy atom. The normalized spacial score (nSPS) is 32.5. The van der Waals surface area contributed by atoms with Crippen molar-refractivity contribution in [2.24, 2.45) is 17.3 Å². The molecule has 1 saturated carbocycles. The van der Waals surface area contributed by atoms with Gasteiger partial charge in [0.05, 0.1) is 18.3 Å². The fourth-order valence-electron chi connectivity index (χ4n) is 6.08. The van der Waals surface area contributed by atoms with Gasteiger partial charge in [0.15, 0.2) is 12.6 Å². The van der Waals surface area contributed by atoms with Crippen LogP contribution in [-0.4, -0.2) is 49.2 Å². The van der Waals surface area contributed by atoms with Crippen molar-refractivity contribution in [2.75, 3.05) is 13.2 Å². The number of aliphatic hydroxyl groups excluding tert-OH is 1. The van der Waals surface area contributed by atoms with E-state index in [1.54, 1.807) is 0 Å². The summed E-state index contributed by atoms with van der Waals surface area (Å²) in [4.78, 5) is 0. The van der Waals surface area contributed by atoms with Crippen molar-refractivity contribution < 1.29 is 24.1 Å². The average molecular weight is 521 g/mol. The van der Waals surface area contributed by atoms with Crippen LogP contribution in [0.25, 0.3) is 0 Å². The number of unbranched alkanes of at least 4 members (excludes halogenated alkanes) is 2. The molecule has 5 nitrogen and oxygen atoms in total. The minimum atomic E-state index is -0.350. The molecule has 2 saturated heterocycles. The van der Waals surface area contributed by atoms with E-state index >= 15 is 0 Å². The van der Waals surface area contributed by atoms with E-state index in [-0.39, 0.29) is 48.1 Å². The van der Waals surface area contributed by atoms with Gasteiger partial charge in [-0.2, -0.15) is 0 Å². The molecule has 0 radical (unpaired) electrons. The Kier molecular flexibility index (Phi) is 13.7. The monoisotopic (exact) mass is 520 g/mol. The summed E-state index contributed by atoms with van der Waals surface area (Å²) in [7, 11) is 0.